The van der Waals surface area contributed by atoms with Gasteiger partial charge in [-0.1, -0.05) is 35.4 Å². The number of nitrogens with one attached hydrogen (secondary N) is 1. The first kappa shape index (κ1) is 15.4. The van der Waals surface area contributed by atoms with Gasteiger partial charge in [-0.3, -0.25) is 4.79 Å². The Morgan fingerprint density at radius 1 is 1.14 bits per heavy atom. The molecule has 0 saturated heterocycles. The first-order chi connectivity index (χ1) is 9.95. The van der Waals surface area contributed by atoms with Crippen molar-refractivity contribution in [3.8, 4) is 5.75 Å². The predicted octanol–water partition coefficient (Wildman–Crippen LogP) is 4.36. The molecule has 0 spiro atoms. The van der Waals surface area contributed by atoms with E-state index in [-0.39, 0.29) is 5.91 Å². The van der Waals surface area contributed by atoms with Crippen molar-refractivity contribution in [1.29, 1.82) is 0 Å². The largest absolute Gasteiger partial charge is 0.481 e. The third kappa shape index (κ3) is 4.23. The molecule has 0 unspecified atom stereocenters. The van der Waals surface area contributed by atoms with Crippen molar-refractivity contribution in [2.24, 2.45) is 0 Å². The number of carbonyl (C=O) groups is 1. The smallest absolute Gasteiger partial charge is 0.265 e. The van der Waals surface area contributed by atoms with Gasteiger partial charge in [-0.15, -0.1) is 0 Å². The lowest BCUT2D eigenvalue weighted by atomic mass is 10.2. The fraction of sp³-hybridized carbons (Fsp3) is 0.235. The molecule has 4 heteroatoms. The summed E-state index contributed by atoms with van der Waals surface area (Å²) in [6.07, 6.45) is -0.590. The van der Waals surface area contributed by atoms with Gasteiger partial charge in [0.25, 0.3) is 5.91 Å². The molecule has 0 fully saturated rings. The molecule has 0 bridgehead atoms. The minimum Gasteiger partial charge on any atom is -0.481 e. The van der Waals surface area contributed by atoms with Crippen LogP contribution in [0.2, 0.25) is 5.02 Å². The maximum atomic E-state index is 12.1. The van der Waals surface area contributed by atoms with E-state index in [1.54, 1.807) is 13.0 Å². The molecular formula is C17H18ClNO2. The number of hydrogen-bond acceptors (Lipinski definition) is 2. The third-order valence-electron chi connectivity index (χ3n) is 3.14. The lowest BCUT2D eigenvalue weighted by Crippen LogP contribution is -2.30. The average molecular weight is 304 g/mol. The highest BCUT2D eigenvalue weighted by Gasteiger charge is 2.15. The number of halogens is 1. The zero-order valence-electron chi connectivity index (χ0n) is 12.3. The first-order valence-electron chi connectivity index (χ1n) is 6.76. The van der Waals surface area contributed by atoms with Gasteiger partial charge in [0.1, 0.15) is 5.75 Å². The zero-order chi connectivity index (χ0) is 15.4. The van der Waals surface area contributed by atoms with Crippen molar-refractivity contribution in [3.05, 3.63) is 58.6 Å². The summed E-state index contributed by atoms with van der Waals surface area (Å²) in [4.78, 5) is 12.1. The Labute approximate surface area is 129 Å². The molecule has 110 valence electrons. The Balaban J connectivity index is 1.98. The van der Waals surface area contributed by atoms with Crippen molar-refractivity contribution >= 4 is 23.2 Å². The number of hydrogen-bond donors (Lipinski definition) is 1. The highest BCUT2D eigenvalue weighted by atomic mass is 35.5. The van der Waals surface area contributed by atoms with E-state index in [9.17, 15) is 4.79 Å². The van der Waals surface area contributed by atoms with Crippen molar-refractivity contribution in [3.63, 3.8) is 0 Å². The number of carbonyl (C=O) groups excluding carboxylic acids is 1. The van der Waals surface area contributed by atoms with Crippen molar-refractivity contribution < 1.29 is 9.53 Å². The van der Waals surface area contributed by atoms with Gasteiger partial charge in [-0.25, -0.2) is 0 Å². The quantitative estimate of drug-likeness (QED) is 0.911. The third-order valence-corrected chi connectivity index (χ3v) is 3.55. The van der Waals surface area contributed by atoms with Gasteiger partial charge in [0.15, 0.2) is 6.10 Å². The second-order valence-corrected chi connectivity index (χ2v) is 5.43. The first-order valence-corrected chi connectivity index (χ1v) is 7.14. The van der Waals surface area contributed by atoms with Crippen LogP contribution in [0.15, 0.2) is 42.5 Å². The van der Waals surface area contributed by atoms with Crippen LogP contribution in [0.25, 0.3) is 0 Å². The molecule has 0 radical (unpaired) electrons. The van der Waals surface area contributed by atoms with Crippen LogP contribution in [-0.4, -0.2) is 12.0 Å². The minimum absolute atomic E-state index is 0.213. The minimum atomic E-state index is -0.590. The molecule has 3 nitrogen and oxygen atoms in total. The van der Waals surface area contributed by atoms with Gasteiger partial charge in [0, 0.05) is 10.7 Å². The molecule has 0 aromatic heterocycles. The zero-order valence-corrected chi connectivity index (χ0v) is 13.1. The van der Waals surface area contributed by atoms with Crippen LogP contribution < -0.4 is 10.1 Å². The maximum Gasteiger partial charge on any atom is 0.265 e. The Morgan fingerprint density at radius 2 is 1.81 bits per heavy atom. The normalized spacial score (nSPS) is 11.8. The summed E-state index contributed by atoms with van der Waals surface area (Å²) in [5, 5.41) is 3.42. The molecule has 21 heavy (non-hydrogen) atoms. The van der Waals surface area contributed by atoms with Crippen molar-refractivity contribution in [2.75, 3.05) is 5.32 Å². The Morgan fingerprint density at radius 3 is 2.43 bits per heavy atom. The van der Waals surface area contributed by atoms with E-state index >= 15 is 0 Å². The molecule has 0 heterocycles. The molecule has 0 aliphatic heterocycles. The van der Waals surface area contributed by atoms with Crippen LogP contribution in [0.4, 0.5) is 5.69 Å². The highest BCUT2D eigenvalue weighted by Crippen LogP contribution is 2.20. The van der Waals surface area contributed by atoms with E-state index in [1.165, 1.54) is 0 Å². The predicted molar refractivity (Wildman–Crippen MR) is 86.1 cm³/mol. The van der Waals surface area contributed by atoms with Gasteiger partial charge < -0.3 is 10.1 Å². The molecule has 1 amide bonds. The summed E-state index contributed by atoms with van der Waals surface area (Å²) in [6, 6.07) is 13.0. The number of benzene rings is 2. The van der Waals surface area contributed by atoms with E-state index in [1.807, 2.05) is 50.2 Å². The lowest BCUT2D eigenvalue weighted by Gasteiger charge is -2.15. The molecule has 2 rings (SSSR count). The summed E-state index contributed by atoms with van der Waals surface area (Å²) in [5.41, 5.74) is 2.78. The summed E-state index contributed by atoms with van der Waals surface area (Å²) >= 11 is 6.04. The maximum absolute atomic E-state index is 12.1. The average Bonchev–Trinajstić information content (AvgIpc) is 2.45. The lowest BCUT2D eigenvalue weighted by molar-refractivity contribution is -0.122. The fourth-order valence-corrected chi connectivity index (χ4v) is 1.97. The number of aryl methyl sites for hydroxylation is 2. The molecule has 0 aliphatic carbocycles. The molecule has 1 atom stereocenters. The van der Waals surface area contributed by atoms with Crippen LogP contribution in [0, 0.1) is 13.8 Å². The van der Waals surface area contributed by atoms with Gasteiger partial charge in [-0.2, -0.15) is 0 Å². The standard InChI is InChI=1S/C17H18ClNO2/c1-11-4-8-15(9-5-11)21-13(3)17(20)19-14-7-6-12(2)16(18)10-14/h4-10,13H,1-3H3,(H,19,20)/t13-/m0/s1. The number of anilines is 1. The number of amides is 1. The second kappa shape index (κ2) is 6.64. The highest BCUT2D eigenvalue weighted by molar-refractivity contribution is 6.31. The molecule has 2 aromatic rings. The van der Waals surface area contributed by atoms with Crippen LogP contribution in [0.5, 0.6) is 5.75 Å². The van der Waals surface area contributed by atoms with Crippen LogP contribution in [0.3, 0.4) is 0 Å². The van der Waals surface area contributed by atoms with Crippen LogP contribution in [-0.2, 0) is 4.79 Å². The molecule has 1 N–H and O–H groups in total. The molecular weight excluding hydrogens is 286 g/mol. The van der Waals surface area contributed by atoms with E-state index in [4.69, 9.17) is 16.3 Å². The van der Waals surface area contributed by atoms with Crippen molar-refractivity contribution in [2.45, 2.75) is 26.9 Å². The van der Waals surface area contributed by atoms with E-state index < -0.39 is 6.10 Å². The topological polar surface area (TPSA) is 38.3 Å². The van der Waals surface area contributed by atoms with Gasteiger partial charge >= 0.3 is 0 Å². The van der Waals surface area contributed by atoms with Gasteiger partial charge in [0.2, 0.25) is 0 Å². The Kier molecular flexibility index (Phi) is 4.86. The fourth-order valence-electron chi connectivity index (χ4n) is 1.79. The van der Waals surface area contributed by atoms with E-state index in [2.05, 4.69) is 5.32 Å². The Hall–Kier alpha value is -2.00. The van der Waals surface area contributed by atoms with Gasteiger partial charge in [-0.05, 0) is 50.6 Å². The van der Waals surface area contributed by atoms with Crippen molar-refractivity contribution in [1.82, 2.24) is 0 Å². The SMILES string of the molecule is Cc1ccc(O[C@@H](C)C(=O)Nc2ccc(C)c(Cl)c2)cc1. The second-order valence-electron chi connectivity index (χ2n) is 5.03. The summed E-state index contributed by atoms with van der Waals surface area (Å²) in [5.74, 6) is 0.459. The number of rotatable bonds is 4. The summed E-state index contributed by atoms with van der Waals surface area (Å²) < 4.78 is 5.61. The van der Waals surface area contributed by atoms with E-state index in [0.717, 1.165) is 11.1 Å². The monoisotopic (exact) mass is 303 g/mol. The van der Waals surface area contributed by atoms with Gasteiger partial charge in [0.05, 0.1) is 0 Å². The molecule has 0 aliphatic rings. The molecule has 0 saturated carbocycles. The van der Waals surface area contributed by atoms with Crippen LogP contribution in [0.1, 0.15) is 18.1 Å². The Bertz CT molecular complexity index is 638. The summed E-state index contributed by atoms with van der Waals surface area (Å²) in [6.45, 7) is 5.63. The van der Waals surface area contributed by atoms with E-state index in [0.29, 0.717) is 16.5 Å². The van der Waals surface area contributed by atoms with Crippen LogP contribution >= 0.6 is 11.6 Å². The number of ether oxygens (including phenoxy) is 1. The molecule has 2 aromatic carbocycles. The summed E-state index contributed by atoms with van der Waals surface area (Å²) in [7, 11) is 0.